The van der Waals surface area contributed by atoms with Crippen molar-refractivity contribution in [3.63, 3.8) is 0 Å². The molecule has 5 heteroatoms. The summed E-state index contributed by atoms with van der Waals surface area (Å²) in [5.41, 5.74) is 3.05. The number of hydrogen-bond donors (Lipinski definition) is 0. The summed E-state index contributed by atoms with van der Waals surface area (Å²) in [5, 5.41) is 2.84. The van der Waals surface area contributed by atoms with Crippen molar-refractivity contribution >= 4 is 39.0 Å². The van der Waals surface area contributed by atoms with Crippen molar-refractivity contribution in [3.8, 4) is 11.1 Å². The van der Waals surface area contributed by atoms with E-state index in [9.17, 15) is 4.39 Å². The van der Waals surface area contributed by atoms with Gasteiger partial charge in [-0.15, -0.1) is 0 Å². The summed E-state index contributed by atoms with van der Waals surface area (Å²) >= 11 is 8.06. The molecule has 0 radical (unpaired) electrons. The van der Waals surface area contributed by atoms with E-state index in [4.69, 9.17) is 11.6 Å². The van der Waals surface area contributed by atoms with Gasteiger partial charge in [-0.1, -0.05) is 23.7 Å². The van der Waals surface area contributed by atoms with Crippen LogP contribution in [0.15, 0.2) is 30.3 Å². The van der Waals surface area contributed by atoms with Gasteiger partial charge < -0.3 is 4.90 Å². The maximum atomic E-state index is 14.3. The fraction of sp³-hybridized carbons (Fsp3) is 0.316. The van der Waals surface area contributed by atoms with Crippen molar-refractivity contribution in [2.75, 3.05) is 18.0 Å². The molecule has 124 valence electrons. The van der Waals surface area contributed by atoms with Gasteiger partial charge in [0.2, 0.25) is 0 Å². The van der Waals surface area contributed by atoms with E-state index in [0.29, 0.717) is 10.6 Å². The molecule has 2 heterocycles. The molecule has 3 aromatic rings. The van der Waals surface area contributed by atoms with Crippen molar-refractivity contribution in [1.82, 2.24) is 4.37 Å². The van der Waals surface area contributed by atoms with Gasteiger partial charge in [0.15, 0.2) is 0 Å². The van der Waals surface area contributed by atoms with Crippen molar-refractivity contribution < 1.29 is 4.39 Å². The lowest BCUT2D eigenvalue weighted by Crippen LogP contribution is -2.28. The van der Waals surface area contributed by atoms with Gasteiger partial charge in [-0.3, -0.25) is 0 Å². The number of fused-ring (bicyclic) bond motifs is 1. The number of hydrogen-bond acceptors (Lipinski definition) is 3. The first kappa shape index (κ1) is 15.9. The molecule has 0 amide bonds. The molecule has 1 saturated heterocycles. The molecule has 0 saturated carbocycles. The number of anilines is 1. The molecular weight excluding hydrogens is 343 g/mol. The van der Waals surface area contributed by atoms with Crippen LogP contribution in [0.3, 0.4) is 0 Å². The molecule has 0 N–H and O–H groups in total. The van der Waals surface area contributed by atoms with E-state index in [1.165, 1.54) is 41.9 Å². The van der Waals surface area contributed by atoms with Crippen LogP contribution in [0.5, 0.6) is 0 Å². The summed E-state index contributed by atoms with van der Waals surface area (Å²) in [7, 11) is 0. The first-order valence-corrected chi connectivity index (χ1v) is 9.39. The molecule has 0 aliphatic carbocycles. The number of halogens is 2. The molecular formula is C19H18ClFN2S. The molecule has 2 aromatic carbocycles. The molecule has 1 fully saturated rings. The van der Waals surface area contributed by atoms with Crippen molar-refractivity contribution in [1.29, 1.82) is 0 Å². The summed E-state index contributed by atoms with van der Waals surface area (Å²) in [6, 6.07) is 8.97. The second-order valence-corrected chi connectivity index (χ2v) is 7.48. The van der Waals surface area contributed by atoms with E-state index in [2.05, 4.69) is 9.27 Å². The summed E-state index contributed by atoms with van der Waals surface area (Å²) in [6.07, 6.45) is 3.74. The molecule has 4 rings (SSSR count). The summed E-state index contributed by atoms with van der Waals surface area (Å²) in [5.74, 6) is -0.247. The molecule has 1 aliphatic rings. The van der Waals surface area contributed by atoms with Crippen LogP contribution in [0.1, 0.15) is 24.8 Å². The van der Waals surface area contributed by atoms with Crippen molar-refractivity contribution in [2.45, 2.75) is 26.2 Å². The molecule has 0 atom stereocenters. The van der Waals surface area contributed by atoms with Crippen LogP contribution >= 0.6 is 23.1 Å². The van der Waals surface area contributed by atoms with Gasteiger partial charge >= 0.3 is 0 Å². The third kappa shape index (κ3) is 2.68. The Hall–Kier alpha value is -1.65. The first-order chi connectivity index (χ1) is 11.6. The Balaban J connectivity index is 1.84. The Labute approximate surface area is 150 Å². The maximum Gasteiger partial charge on any atom is 0.131 e. The third-order valence-electron chi connectivity index (χ3n) is 4.68. The number of rotatable bonds is 2. The third-order valence-corrected chi connectivity index (χ3v) is 5.93. The lowest BCUT2D eigenvalue weighted by molar-refractivity contribution is 0.581. The van der Waals surface area contributed by atoms with Crippen molar-refractivity contribution in [2.24, 2.45) is 0 Å². The van der Waals surface area contributed by atoms with Gasteiger partial charge in [-0.2, -0.15) is 4.37 Å². The summed E-state index contributed by atoms with van der Waals surface area (Å²) in [6.45, 7) is 4.05. The molecule has 1 aromatic heterocycles. The van der Waals surface area contributed by atoms with Crippen LogP contribution in [-0.2, 0) is 0 Å². The number of aryl methyl sites for hydroxylation is 1. The Morgan fingerprint density at radius 2 is 1.96 bits per heavy atom. The quantitative estimate of drug-likeness (QED) is 0.552. The Kier molecular flexibility index (Phi) is 4.19. The van der Waals surface area contributed by atoms with Gasteiger partial charge in [0.1, 0.15) is 10.8 Å². The Bertz CT molecular complexity index is 880. The van der Waals surface area contributed by atoms with Gasteiger partial charge in [0.25, 0.3) is 0 Å². The predicted octanol–water partition coefficient (Wildman–Crippen LogP) is 6.05. The average molecular weight is 361 g/mol. The van der Waals surface area contributed by atoms with Gasteiger partial charge in [-0.25, -0.2) is 4.39 Å². The molecule has 0 unspecified atom stereocenters. The van der Waals surface area contributed by atoms with Crippen molar-refractivity contribution in [3.05, 3.63) is 46.7 Å². The Morgan fingerprint density at radius 3 is 2.71 bits per heavy atom. The average Bonchev–Trinajstić information content (AvgIpc) is 2.98. The standard InChI is InChI=1S/C19H18ClFN2S/c1-12-6-5-7-16(21)18(12)13-11-17-14(10-15(13)20)19(24-22-17)23-8-3-2-4-9-23/h5-7,10-11H,2-4,8-9H2,1H3. The molecule has 24 heavy (non-hydrogen) atoms. The zero-order chi connectivity index (χ0) is 16.7. The summed E-state index contributed by atoms with van der Waals surface area (Å²) in [4.78, 5) is 2.40. The van der Waals surface area contributed by atoms with Gasteiger partial charge in [0, 0.05) is 34.6 Å². The van der Waals surface area contributed by atoms with Crippen LogP contribution < -0.4 is 4.90 Å². The van der Waals surface area contributed by atoms with Gasteiger partial charge in [-0.05, 0) is 61.5 Å². The normalized spacial score (nSPS) is 15.2. The second kappa shape index (κ2) is 6.34. The number of nitrogens with zero attached hydrogens (tertiary/aromatic N) is 2. The van der Waals surface area contributed by atoms with Crippen LogP contribution in [0.25, 0.3) is 22.0 Å². The minimum atomic E-state index is -0.247. The smallest absolute Gasteiger partial charge is 0.131 e. The van der Waals surface area contributed by atoms with Crippen LogP contribution in [-0.4, -0.2) is 17.5 Å². The summed E-state index contributed by atoms with van der Waals surface area (Å²) < 4.78 is 18.9. The fourth-order valence-corrected chi connectivity index (χ4v) is 4.59. The first-order valence-electron chi connectivity index (χ1n) is 8.24. The lowest BCUT2D eigenvalue weighted by atomic mass is 9.99. The van der Waals surface area contributed by atoms with E-state index in [1.807, 2.05) is 25.1 Å². The monoisotopic (exact) mass is 360 g/mol. The molecule has 0 bridgehead atoms. The van der Waals surface area contributed by atoms with E-state index < -0.39 is 0 Å². The van der Waals surface area contributed by atoms with E-state index >= 15 is 0 Å². The van der Waals surface area contributed by atoms with Crippen LogP contribution in [0, 0.1) is 12.7 Å². The maximum absolute atomic E-state index is 14.3. The molecule has 2 nitrogen and oxygen atoms in total. The highest BCUT2D eigenvalue weighted by Crippen LogP contribution is 2.40. The fourth-order valence-electron chi connectivity index (χ4n) is 3.44. The minimum Gasteiger partial charge on any atom is -0.362 e. The highest BCUT2D eigenvalue weighted by Gasteiger charge is 2.19. The van der Waals surface area contributed by atoms with Crippen LogP contribution in [0.4, 0.5) is 9.39 Å². The minimum absolute atomic E-state index is 0.247. The van der Waals surface area contributed by atoms with Gasteiger partial charge in [0.05, 0.1) is 5.52 Å². The SMILES string of the molecule is Cc1cccc(F)c1-c1cc2nsc(N3CCCCC3)c2cc1Cl. The topological polar surface area (TPSA) is 16.1 Å². The zero-order valence-corrected chi connectivity index (χ0v) is 15.1. The number of benzene rings is 2. The largest absolute Gasteiger partial charge is 0.362 e. The second-order valence-electron chi connectivity index (χ2n) is 6.32. The van der Waals surface area contributed by atoms with E-state index in [1.54, 1.807) is 6.07 Å². The number of piperidine rings is 1. The molecule has 1 aliphatic heterocycles. The Morgan fingerprint density at radius 1 is 1.17 bits per heavy atom. The number of aromatic nitrogens is 1. The molecule has 0 spiro atoms. The zero-order valence-electron chi connectivity index (χ0n) is 13.5. The highest BCUT2D eigenvalue weighted by atomic mass is 35.5. The highest BCUT2D eigenvalue weighted by molar-refractivity contribution is 7.11. The van der Waals surface area contributed by atoms with E-state index in [0.717, 1.165) is 35.1 Å². The van der Waals surface area contributed by atoms with E-state index in [-0.39, 0.29) is 5.82 Å². The van der Waals surface area contributed by atoms with Crippen LogP contribution in [0.2, 0.25) is 5.02 Å². The predicted molar refractivity (Wildman–Crippen MR) is 101 cm³/mol. The lowest BCUT2D eigenvalue weighted by Gasteiger charge is -2.27.